The fourth-order valence-electron chi connectivity index (χ4n) is 2.69. The van der Waals surface area contributed by atoms with E-state index in [9.17, 15) is 4.79 Å². The van der Waals surface area contributed by atoms with Crippen molar-refractivity contribution in [2.45, 2.75) is 25.4 Å². The molecule has 94 valence electrons. The molecule has 1 aromatic rings. The predicted molar refractivity (Wildman–Crippen MR) is 71.1 cm³/mol. The Hall–Kier alpha value is -1.61. The summed E-state index contributed by atoms with van der Waals surface area (Å²) in [5, 5.41) is 3.36. The maximum Gasteiger partial charge on any atom is 0.240 e. The lowest BCUT2D eigenvalue weighted by Gasteiger charge is -2.31. The van der Waals surface area contributed by atoms with Crippen molar-refractivity contribution in [1.29, 1.82) is 0 Å². The van der Waals surface area contributed by atoms with Gasteiger partial charge < -0.3 is 10.2 Å². The minimum atomic E-state index is -0.0496. The molecular formula is C15H18N2O. The molecule has 18 heavy (non-hydrogen) atoms. The Kier molecular flexibility index (Phi) is 3.15. The van der Waals surface area contributed by atoms with Gasteiger partial charge >= 0.3 is 0 Å². The van der Waals surface area contributed by atoms with Gasteiger partial charge in [0.05, 0.1) is 6.04 Å². The second-order valence-corrected chi connectivity index (χ2v) is 4.95. The van der Waals surface area contributed by atoms with Crippen LogP contribution >= 0.6 is 0 Å². The summed E-state index contributed by atoms with van der Waals surface area (Å²) in [6, 6.07) is 8.32. The number of benzene rings is 1. The number of fused-ring (bicyclic) bond motifs is 1. The Morgan fingerprint density at radius 2 is 2.06 bits per heavy atom. The van der Waals surface area contributed by atoms with E-state index in [1.807, 2.05) is 4.90 Å². The molecule has 1 N–H and O–H groups in total. The minimum Gasteiger partial charge on any atom is -0.337 e. The molecule has 0 bridgehead atoms. The van der Waals surface area contributed by atoms with Gasteiger partial charge in [0.15, 0.2) is 0 Å². The van der Waals surface area contributed by atoms with Crippen LogP contribution < -0.4 is 5.32 Å². The highest BCUT2D eigenvalue weighted by Crippen LogP contribution is 2.18. The number of amides is 1. The van der Waals surface area contributed by atoms with E-state index in [4.69, 9.17) is 0 Å². The van der Waals surface area contributed by atoms with Crippen molar-refractivity contribution in [2.75, 3.05) is 13.1 Å². The molecule has 3 nitrogen and oxygen atoms in total. The fraction of sp³-hybridized carbons (Fsp3) is 0.400. The normalized spacial score (nSPS) is 22.7. The lowest BCUT2D eigenvalue weighted by atomic mass is 9.95. The smallest absolute Gasteiger partial charge is 0.240 e. The number of carbonyl (C=O) groups excluding carboxylic acids is 1. The van der Waals surface area contributed by atoms with Gasteiger partial charge in [0.25, 0.3) is 0 Å². The van der Waals surface area contributed by atoms with Crippen LogP contribution in [0.15, 0.2) is 36.4 Å². The summed E-state index contributed by atoms with van der Waals surface area (Å²) in [5.41, 5.74) is 2.63. The highest BCUT2D eigenvalue weighted by molar-refractivity contribution is 5.83. The standard InChI is InChI=1S/C15H18N2O/c18-15(17-8-4-1-5-9-17)14-10-12-6-2-3-7-13(12)11-16-14/h1-4,6-7,14,16H,5,8-11H2/t14-/m1/s1. The van der Waals surface area contributed by atoms with E-state index >= 15 is 0 Å². The molecular weight excluding hydrogens is 224 g/mol. The van der Waals surface area contributed by atoms with E-state index in [0.29, 0.717) is 0 Å². The molecule has 2 aliphatic heterocycles. The molecule has 1 amide bonds. The van der Waals surface area contributed by atoms with Crippen LogP contribution in [0.1, 0.15) is 17.5 Å². The molecule has 0 saturated carbocycles. The van der Waals surface area contributed by atoms with Gasteiger partial charge in [-0.1, -0.05) is 36.4 Å². The molecule has 0 unspecified atom stereocenters. The highest BCUT2D eigenvalue weighted by Gasteiger charge is 2.27. The molecule has 2 heterocycles. The van der Waals surface area contributed by atoms with Gasteiger partial charge in [0.1, 0.15) is 0 Å². The van der Waals surface area contributed by atoms with E-state index in [-0.39, 0.29) is 11.9 Å². The van der Waals surface area contributed by atoms with E-state index in [2.05, 4.69) is 41.7 Å². The highest BCUT2D eigenvalue weighted by atomic mass is 16.2. The lowest BCUT2D eigenvalue weighted by molar-refractivity contribution is -0.133. The summed E-state index contributed by atoms with van der Waals surface area (Å²) in [5.74, 6) is 0.244. The quantitative estimate of drug-likeness (QED) is 0.757. The second kappa shape index (κ2) is 4.94. The summed E-state index contributed by atoms with van der Waals surface area (Å²) in [6.45, 7) is 2.42. The largest absolute Gasteiger partial charge is 0.337 e. The van der Waals surface area contributed by atoms with Crippen molar-refractivity contribution in [3.63, 3.8) is 0 Å². The molecule has 0 aliphatic carbocycles. The van der Waals surface area contributed by atoms with Gasteiger partial charge in [-0.3, -0.25) is 4.79 Å². The zero-order valence-corrected chi connectivity index (χ0v) is 10.4. The summed E-state index contributed by atoms with van der Waals surface area (Å²) in [7, 11) is 0. The van der Waals surface area contributed by atoms with Crippen LogP contribution in [0.5, 0.6) is 0 Å². The number of rotatable bonds is 1. The molecule has 0 aromatic heterocycles. The third-order valence-corrected chi connectivity index (χ3v) is 3.75. The van der Waals surface area contributed by atoms with Crippen LogP contribution in [-0.2, 0) is 17.8 Å². The summed E-state index contributed by atoms with van der Waals surface area (Å²) < 4.78 is 0. The van der Waals surface area contributed by atoms with Crippen molar-refractivity contribution >= 4 is 5.91 Å². The SMILES string of the molecule is O=C([C@H]1Cc2ccccc2CN1)N1CC=CCC1. The first-order valence-electron chi connectivity index (χ1n) is 6.58. The third kappa shape index (κ3) is 2.18. The van der Waals surface area contributed by atoms with Crippen molar-refractivity contribution < 1.29 is 4.79 Å². The van der Waals surface area contributed by atoms with E-state index in [1.54, 1.807) is 0 Å². The Morgan fingerprint density at radius 3 is 2.83 bits per heavy atom. The van der Waals surface area contributed by atoms with Crippen LogP contribution in [0, 0.1) is 0 Å². The van der Waals surface area contributed by atoms with Gasteiger partial charge in [-0.05, 0) is 24.0 Å². The minimum absolute atomic E-state index is 0.0496. The van der Waals surface area contributed by atoms with Crippen molar-refractivity contribution in [1.82, 2.24) is 10.2 Å². The molecule has 0 saturated heterocycles. The first-order valence-corrected chi connectivity index (χ1v) is 6.58. The fourth-order valence-corrected chi connectivity index (χ4v) is 2.69. The molecule has 3 heteroatoms. The molecule has 1 atom stereocenters. The maximum absolute atomic E-state index is 12.4. The van der Waals surface area contributed by atoms with Crippen molar-refractivity contribution in [2.24, 2.45) is 0 Å². The molecule has 1 aromatic carbocycles. The van der Waals surface area contributed by atoms with Crippen molar-refractivity contribution in [3.8, 4) is 0 Å². The summed E-state index contributed by atoms with van der Waals surface area (Å²) in [6.07, 6.45) is 6.02. The van der Waals surface area contributed by atoms with Crippen LogP contribution in [0.4, 0.5) is 0 Å². The van der Waals surface area contributed by atoms with Gasteiger partial charge in [-0.2, -0.15) is 0 Å². The number of carbonyl (C=O) groups is 1. The van der Waals surface area contributed by atoms with E-state index in [1.165, 1.54) is 11.1 Å². The van der Waals surface area contributed by atoms with Crippen LogP contribution in [0.3, 0.4) is 0 Å². The molecule has 3 rings (SSSR count). The Labute approximate surface area is 107 Å². The number of nitrogens with zero attached hydrogens (tertiary/aromatic N) is 1. The molecule has 2 aliphatic rings. The van der Waals surface area contributed by atoms with E-state index in [0.717, 1.165) is 32.5 Å². The zero-order chi connectivity index (χ0) is 12.4. The first kappa shape index (κ1) is 11.5. The third-order valence-electron chi connectivity index (χ3n) is 3.75. The monoisotopic (exact) mass is 242 g/mol. The molecule has 0 spiro atoms. The van der Waals surface area contributed by atoms with Gasteiger partial charge in [0.2, 0.25) is 5.91 Å². The average molecular weight is 242 g/mol. The second-order valence-electron chi connectivity index (χ2n) is 4.95. The Bertz CT molecular complexity index is 481. The summed E-state index contributed by atoms with van der Waals surface area (Å²) >= 11 is 0. The number of hydrogen-bond donors (Lipinski definition) is 1. The topological polar surface area (TPSA) is 32.3 Å². The average Bonchev–Trinajstić information content (AvgIpc) is 2.47. The predicted octanol–water partition coefficient (Wildman–Crippen LogP) is 1.49. The Balaban J connectivity index is 1.72. The maximum atomic E-state index is 12.4. The molecule has 0 fully saturated rings. The Morgan fingerprint density at radius 1 is 1.22 bits per heavy atom. The van der Waals surface area contributed by atoms with Gasteiger partial charge in [-0.25, -0.2) is 0 Å². The zero-order valence-electron chi connectivity index (χ0n) is 10.4. The van der Waals surface area contributed by atoms with Gasteiger partial charge in [0, 0.05) is 19.6 Å². The van der Waals surface area contributed by atoms with Gasteiger partial charge in [-0.15, -0.1) is 0 Å². The first-order chi connectivity index (χ1) is 8.84. The van der Waals surface area contributed by atoms with E-state index < -0.39 is 0 Å². The number of nitrogens with one attached hydrogen (secondary N) is 1. The molecule has 0 radical (unpaired) electrons. The van der Waals surface area contributed by atoms with Crippen molar-refractivity contribution in [3.05, 3.63) is 47.5 Å². The van der Waals surface area contributed by atoms with Crippen LogP contribution in [0.2, 0.25) is 0 Å². The van der Waals surface area contributed by atoms with Crippen LogP contribution in [0.25, 0.3) is 0 Å². The lowest BCUT2D eigenvalue weighted by Crippen LogP contribution is -2.50. The number of hydrogen-bond acceptors (Lipinski definition) is 2. The van der Waals surface area contributed by atoms with Crippen LogP contribution in [-0.4, -0.2) is 29.9 Å². The summed E-state index contributed by atoms with van der Waals surface area (Å²) in [4.78, 5) is 14.3.